The monoisotopic (exact) mass is 446 g/mol. The third kappa shape index (κ3) is 4.39. The van der Waals surface area contributed by atoms with Crippen molar-refractivity contribution < 1.29 is 18.7 Å². The Bertz CT molecular complexity index is 1050. The number of ketones is 1. The zero-order chi connectivity index (χ0) is 21.8. The van der Waals surface area contributed by atoms with E-state index >= 15 is 0 Å². The zero-order valence-corrected chi connectivity index (χ0v) is 19.5. The van der Waals surface area contributed by atoms with Crippen molar-refractivity contribution in [1.82, 2.24) is 9.55 Å². The number of Topliss-reactive ketones (excluding diaryl/α,β-unsaturated/α-hetero) is 1. The van der Waals surface area contributed by atoms with Crippen molar-refractivity contribution in [2.75, 3.05) is 12.4 Å². The molecular formula is C22H26N2O4S2. The van der Waals surface area contributed by atoms with Crippen molar-refractivity contribution in [3.8, 4) is 10.8 Å². The number of ether oxygens (including phenoxy) is 1. The third-order valence-corrected chi connectivity index (χ3v) is 6.76. The molecule has 0 saturated carbocycles. The lowest BCUT2D eigenvalue weighted by Crippen LogP contribution is -2.13. The Morgan fingerprint density at radius 2 is 1.93 bits per heavy atom. The van der Waals surface area contributed by atoms with Gasteiger partial charge in [-0.2, -0.15) is 0 Å². The van der Waals surface area contributed by atoms with Gasteiger partial charge in [-0.1, -0.05) is 6.07 Å². The second kappa shape index (κ2) is 9.66. The van der Waals surface area contributed by atoms with E-state index in [1.54, 1.807) is 18.3 Å². The van der Waals surface area contributed by atoms with E-state index in [0.29, 0.717) is 29.3 Å². The fourth-order valence-corrected chi connectivity index (χ4v) is 5.07. The number of esters is 1. The second-order valence-corrected chi connectivity index (χ2v) is 8.73. The molecule has 0 fully saturated rings. The van der Waals surface area contributed by atoms with Crippen LogP contribution in [0.4, 0.5) is 0 Å². The lowest BCUT2D eigenvalue weighted by molar-refractivity contribution is 0.0522. The molecule has 160 valence electrons. The van der Waals surface area contributed by atoms with E-state index in [0.717, 1.165) is 27.7 Å². The highest BCUT2D eigenvalue weighted by atomic mass is 32.2. The van der Waals surface area contributed by atoms with Crippen molar-refractivity contribution in [2.45, 2.75) is 46.9 Å². The van der Waals surface area contributed by atoms with E-state index in [-0.39, 0.29) is 18.1 Å². The molecule has 0 saturated heterocycles. The van der Waals surface area contributed by atoms with E-state index in [9.17, 15) is 9.59 Å². The fourth-order valence-electron chi connectivity index (χ4n) is 3.53. The molecule has 0 bridgehead atoms. The number of thiophene rings is 1. The molecule has 3 heterocycles. The molecule has 6 nitrogen and oxygen atoms in total. The van der Waals surface area contributed by atoms with Gasteiger partial charge in [-0.15, -0.1) is 23.1 Å². The minimum absolute atomic E-state index is 0.0736. The summed E-state index contributed by atoms with van der Waals surface area (Å²) in [5.41, 5.74) is 3.27. The number of nitrogens with zero attached hydrogens (tertiary/aromatic N) is 2. The smallest absolute Gasteiger partial charge is 0.340 e. The van der Waals surface area contributed by atoms with Crippen LogP contribution in [0.5, 0.6) is 0 Å². The Hall–Kier alpha value is -2.32. The van der Waals surface area contributed by atoms with Crippen LogP contribution in [-0.4, -0.2) is 33.7 Å². The molecular weight excluding hydrogens is 420 g/mol. The first-order valence-corrected chi connectivity index (χ1v) is 11.9. The first-order chi connectivity index (χ1) is 14.4. The van der Waals surface area contributed by atoms with E-state index in [2.05, 4.69) is 4.98 Å². The van der Waals surface area contributed by atoms with Crippen LogP contribution in [0.3, 0.4) is 0 Å². The summed E-state index contributed by atoms with van der Waals surface area (Å²) in [6, 6.07) is 3.93. The first-order valence-electron chi connectivity index (χ1n) is 9.86. The van der Waals surface area contributed by atoms with E-state index in [4.69, 9.17) is 9.15 Å². The van der Waals surface area contributed by atoms with Crippen LogP contribution in [0.2, 0.25) is 0 Å². The number of rotatable bonds is 9. The van der Waals surface area contributed by atoms with E-state index < -0.39 is 5.97 Å². The molecule has 3 aromatic heterocycles. The molecule has 0 aliphatic carbocycles. The fraction of sp³-hybridized carbons (Fsp3) is 0.409. The highest BCUT2D eigenvalue weighted by molar-refractivity contribution is 7.99. The molecule has 3 aromatic rings. The number of carbonyl (C=O) groups excluding carboxylic acids is 2. The standard InChI is InChI=1S/C22H26N2O4S2/c1-6-24-13(3)19(20(14(24)4)22(26)27-7-2)17(25)12-29-11-16-15(5)28-21(23-16)18-9-8-10-30-18/h8-10H,6-7,11-12H2,1-5H3. The average molecular weight is 447 g/mol. The summed E-state index contributed by atoms with van der Waals surface area (Å²) >= 11 is 3.05. The maximum Gasteiger partial charge on any atom is 0.340 e. The molecule has 3 rings (SSSR count). The molecule has 0 aliphatic rings. The number of thioether (sulfide) groups is 1. The molecule has 0 unspecified atom stereocenters. The number of oxazole rings is 1. The number of hydrogen-bond acceptors (Lipinski definition) is 7. The Morgan fingerprint density at radius 1 is 1.20 bits per heavy atom. The summed E-state index contributed by atoms with van der Waals surface area (Å²) in [4.78, 5) is 31.1. The molecule has 8 heteroatoms. The molecule has 30 heavy (non-hydrogen) atoms. The molecule has 0 aliphatic heterocycles. The average Bonchev–Trinajstić information content (AvgIpc) is 3.41. The van der Waals surface area contributed by atoms with Gasteiger partial charge in [-0.3, -0.25) is 4.79 Å². The van der Waals surface area contributed by atoms with Crippen LogP contribution >= 0.6 is 23.1 Å². The van der Waals surface area contributed by atoms with Crippen LogP contribution in [0.1, 0.15) is 57.4 Å². The van der Waals surface area contributed by atoms with E-state index in [1.165, 1.54) is 11.8 Å². The summed E-state index contributed by atoms with van der Waals surface area (Å²) < 4.78 is 13.0. The van der Waals surface area contributed by atoms with Gasteiger partial charge in [0.1, 0.15) is 5.76 Å². The van der Waals surface area contributed by atoms with Gasteiger partial charge in [0.25, 0.3) is 0 Å². The maximum absolute atomic E-state index is 13.1. The van der Waals surface area contributed by atoms with Crippen molar-refractivity contribution in [3.63, 3.8) is 0 Å². The van der Waals surface area contributed by atoms with Gasteiger partial charge in [0.05, 0.1) is 34.1 Å². The topological polar surface area (TPSA) is 74.3 Å². The molecule has 0 aromatic carbocycles. The summed E-state index contributed by atoms with van der Waals surface area (Å²) in [7, 11) is 0. The van der Waals surface area contributed by atoms with Crippen LogP contribution in [0.25, 0.3) is 10.8 Å². The number of hydrogen-bond donors (Lipinski definition) is 0. The Morgan fingerprint density at radius 3 is 2.57 bits per heavy atom. The van der Waals surface area contributed by atoms with Crippen molar-refractivity contribution in [3.05, 3.63) is 51.5 Å². The zero-order valence-electron chi connectivity index (χ0n) is 17.9. The lowest BCUT2D eigenvalue weighted by Gasteiger charge is -2.05. The van der Waals surface area contributed by atoms with Gasteiger partial charge in [0, 0.05) is 23.7 Å². The minimum atomic E-state index is -0.438. The van der Waals surface area contributed by atoms with Crippen molar-refractivity contribution in [1.29, 1.82) is 0 Å². The molecule has 0 spiro atoms. The Balaban J connectivity index is 1.75. The summed E-state index contributed by atoms with van der Waals surface area (Å²) in [6.45, 7) is 10.3. The summed E-state index contributed by atoms with van der Waals surface area (Å²) in [5, 5.41) is 1.98. The predicted octanol–water partition coefficient (Wildman–Crippen LogP) is 5.44. The third-order valence-electron chi connectivity index (χ3n) is 4.95. The highest BCUT2D eigenvalue weighted by Crippen LogP contribution is 2.29. The molecule has 0 amide bonds. The maximum atomic E-state index is 13.1. The summed E-state index contributed by atoms with van der Waals surface area (Å²) in [5.74, 6) is 1.67. The van der Waals surface area contributed by atoms with Gasteiger partial charge in [0.15, 0.2) is 5.78 Å². The van der Waals surface area contributed by atoms with E-state index in [1.807, 2.05) is 49.8 Å². The molecule has 0 atom stereocenters. The number of aryl methyl sites for hydroxylation is 1. The van der Waals surface area contributed by atoms with Crippen molar-refractivity contribution in [2.24, 2.45) is 0 Å². The molecule has 0 radical (unpaired) electrons. The van der Waals surface area contributed by atoms with Crippen LogP contribution in [0.15, 0.2) is 21.9 Å². The van der Waals surface area contributed by atoms with Crippen molar-refractivity contribution >= 4 is 34.9 Å². The number of aromatic nitrogens is 2. The van der Waals surface area contributed by atoms with Crippen LogP contribution < -0.4 is 0 Å². The normalized spacial score (nSPS) is 11.1. The van der Waals surface area contributed by atoms with Gasteiger partial charge in [0.2, 0.25) is 5.89 Å². The second-order valence-electron chi connectivity index (χ2n) is 6.80. The lowest BCUT2D eigenvalue weighted by atomic mass is 10.1. The quantitative estimate of drug-likeness (QED) is 0.322. The van der Waals surface area contributed by atoms with Gasteiger partial charge >= 0.3 is 5.97 Å². The van der Waals surface area contributed by atoms with Gasteiger partial charge < -0.3 is 13.7 Å². The molecule has 0 N–H and O–H groups in total. The highest BCUT2D eigenvalue weighted by Gasteiger charge is 2.27. The van der Waals surface area contributed by atoms with Crippen LogP contribution in [0, 0.1) is 20.8 Å². The Labute approximate surface area is 184 Å². The minimum Gasteiger partial charge on any atom is -0.462 e. The number of carbonyl (C=O) groups is 2. The SMILES string of the molecule is CCOC(=O)c1c(C(=O)CSCc2nc(-c3cccs3)oc2C)c(C)n(CC)c1C. The van der Waals surface area contributed by atoms with Crippen LogP contribution in [-0.2, 0) is 17.0 Å². The van der Waals surface area contributed by atoms with Gasteiger partial charge in [-0.25, -0.2) is 9.78 Å². The largest absolute Gasteiger partial charge is 0.462 e. The first kappa shape index (κ1) is 22.4. The predicted molar refractivity (Wildman–Crippen MR) is 121 cm³/mol. The summed E-state index contributed by atoms with van der Waals surface area (Å²) in [6.07, 6.45) is 0. The Kier molecular flexibility index (Phi) is 7.20. The van der Waals surface area contributed by atoms with Gasteiger partial charge in [-0.05, 0) is 46.1 Å².